The molecule has 1 heterocycles. The van der Waals surface area contributed by atoms with E-state index < -0.39 is 0 Å². The Morgan fingerprint density at radius 2 is 2.06 bits per heavy atom. The molecule has 0 bridgehead atoms. The summed E-state index contributed by atoms with van der Waals surface area (Å²) in [5.74, 6) is -0.209. The minimum absolute atomic E-state index is 0.0476. The van der Waals surface area contributed by atoms with Crippen LogP contribution in [0.25, 0.3) is 0 Å². The Bertz CT molecular complexity index is 505. The molecule has 0 radical (unpaired) electrons. The first-order chi connectivity index (χ1) is 8.56. The van der Waals surface area contributed by atoms with E-state index in [0.717, 1.165) is 17.0 Å². The summed E-state index contributed by atoms with van der Waals surface area (Å²) in [6, 6.07) is 7.41. The molecule has 0 fully saturated rings. The summed E-state index contributed by atoms with van der Waals surface area (Å²) >= 11 is 0. The molecule has 0 saturated heterocycles. The van der Waals surface area contributed by atoms with Gasteiger partial charge in [-0.2, -0.15) is 5.10 Å². The Kier molecular flexibility index (Phi) is 3.41. The molecule has 0 saturated carbocycles. The molecule has 2 rings (SSSR count). The topological polar surface area (TPSA) is 70.6 Å². The maximum Gasteiger partial charge on any atom is 0.243 e. The van der Waals surface area contributed by atoms with Gasteiger partial charge in [-0.15, -0.1) is 0 Å². The average molecular weight is 245 g/mol. The van der Waals surface area contributed by atoms with Crippen molar-refractivity contribution in [1.29, 1.82) is 0 Å². The molecule has 1 aliphatic heterocycles. The fourth-order valence-electron chi connectivity index (χ4n) is 1.79. The van der Waals surface area contributed by atoms with Crippen LogP contribution >= 0.6 is 0 Å². The molecule has 5 nitrogen and oxygen atoms in total. The van der Waals surface area contributed by atoms with Crippen LogP contribution in [0.15, 0.2) is 29.4 Å². The van der Waals surface area contributed by atoms with Crippen molar-refractivity contribution in [3.8, 4) is 0 Å². The average Bonchev–Trinajstić information content (AvgIpc) is 2.33. The van der Waals surface area contributed by atoms with Crippen LogP contribution in [-0.4, -0.2) is 17.5 Å². The molecule has 1 aromatic carbocycles. The van der Waals surface area contributed by atoms with E-state index in [1.807, 2.05) is 31.2 Å². The smallest absolute Gasteiger partial charge is 0.243 e. The zero-order chi connectivity index (χ0) is 13.1. The van der Waals surface area contributed by atoms with Crippen LogP contribution in [-0.2, 0) is 9.59 Å². The Morgan fingerprint density at radius 1 is 1.39 bits per heavy atom. The number of rotatable bonds is 2. The SMILES string of the molecule is CC(=O)Nc1ccc(C2=NNC(=O)[C@H](C)C2)cc1. The molecule has 0 spiro atoms. The van der Waals surface area contributed by atoms with Gasteiger partial charge >= 0.3 is 0 Å². The van der Waals surface area contributed by atoms with Gasteiger partial charge in [-0.1, -0.05) is 19.1 Å². The molecule has 0 aromatic heterocycles. The summed E-state index contributed by atoms with van der Waals surface area (Å²) < 4.78 is 0. The van der Waals surface area contributed by atoms with E-state index >= 15 is 0 Å². The lowest BCUT2D eigenvalue weighted by molar-refractivity contribution is -0.124. The fourth-order valence-corrected chi connectivity index (χ4v) is 1.79. The van der Waals surface area contributed by atoms with E-state index in [-0.39, 0.29) is 17.7 Å². The Hall–Kier alpha value is -2.17. The largest absolute Gasteiger partial charge is 0.326 e. The zero-order valence-electron chi connectivity index (χ0n) is 10.4. The summed E-state index contributed by atoms with van der Waals surface area (Å²) in [5, 5.41) is 6.75. The molecule has 1 aliphatic rings. The number of carbonyl (C=O) groups is 2. The maximum absolute atomic E-state index is 11.3. The fraction of sp³-hybridized carbons (Fsp3) is 0.308. The second-order valence-electron chi connectivity index (χ2n) is 4.40. The predicted octanol–water partition coefficient (Wildman–Crippen LogP) is 1.51. The predicted molar refractivity (Wildman–Crippen MR) is 69.2 cm³/mol. The van der Waals surface area contributed by atoms with Crippen LogP contribution in [0.5, 0.6) is 0 Å². The molecule has 1 aromatic rings. The monoisotopic (exact) mass is 245 g/mol. The van der Waals surface area contributed by atoms with Gasteiger partial charge in [0.1, 0.15) is 0 Å². The third-order valence-corrected chi connectivity index (χ3v) is 2.79. The highest BCUT2D eigenvalue weighted by Crippen LogP contribution is 2.17. The third kappa shape index (κ3) is 2.74. The number of amides is 2. The van der Waals surface area contributed by atoms with E-state index in [9.17, 15) is 9.59 Å². The minimum atomic E-state index is -0.0985. The van der Waals surface area contributed by atoms with Crippen LogP contribution in [0.1, 0.15) is 25.8 Å². The van der Waals surface area contributed by atoms with Crippen molar-refractivity contribution in [2.24, 2.45) is 11.0 Å². The van der Waals surface area contributed by atoms with E-state index in [1.165, 1.54) is 6.92 Å². The molecule has 2 amide bonds. The Balaban J connectivity index is 2.15. The summed E-state index contributed by atoms with van der Waals surface area (Å²) in [5.41, 5.74) is 5.07. The minimum Gasteiger partial charge on any atom is -0.326 e. The Morgan fingerprint density at radius 3 is 2.61 bits per heavy atom. The molecule has 2 N–H and O–H groups in total. The first kappa shape index (κ1) is 12.3. The van der Waals surface area contributed by atoms with Crippen molar-refractivity contribution in [3.05, 3.63) is 29.8 Å². The van der Waals surface area contributed by atoms with Crippen LogP contribution in [0, 0.1) is 5.92 Å². The normalized spacial score (nSPS) is 18.9. The molecular weight excluding hydrogens is 230 g/mol. The molecule has 18 heavy (non-hydrogen) atoms. The highest BCUT2D eigenvalue weighted by atomic mass is 16.2. The number of hydrogen-bond donors (Lipinski definition) is 2. The van der Waals surface area contributed by atoms with Gasteiger partial charge in [-0.3, -0.25) is 9.59 Å². The molecule has 0 unspecified atom stereocenters. The van der Waals surface area contributed by atoms with Gasteiger partial charge in [0.15, 0.2) is 0 Å². The molecule has 5 heteroatoms. The standard InChI is InChI=1S/C13H15N3O2/c1-8-7-12(15-16-13(8)18)10-3-5-11(6-4-10)14-9(2)17/h3-6,8H,7H2,1-2H3,(H,14,17)(H,16,18)/t8-/m1/s1. The quantitative estimate of drug-likeness (QED) is 0.829. The number of nitrogens with zero attached hydrogens (tertiary/aromatic N) is 1. The van der Waals surface area contributed by atoms with Crippen LogP contribution < -0.4 is 10.7 Å². The number of carbonyl (C=O) groups excluding carboxylic acids is 2. The summed E-state index contributed by atoms with van der Waals surface area (Å²) in [4.78, 5) is 22.2. The third-order valence-electron chi connectivity index (χ3n) is 2.79. The van der Waals surface area contributed by atoms with Crippen molar-refractivity contribution in [3.63, 3.8) is 0 Å². The summed E-state index contributed by atoms with van der Waals surface area (Å²) in [7, 11) is 0. The first-order valence-corrected chi connectivity index (χ1v) is 5.80. The summed E-state index contributed by atoms with van der Waals surface area (Å²) in [6.45, 7) is 3.34. The van der Waals surface area contributed by atoms with Gasteiger partial charge in [0.2, 0.25) is 11.8 Å². The molecular formula is C13H15N3O2. The van der Waals surface area contributed by atoms with Crippen molar-refractivity contribution in [1.82, 2.24) is 5.43 Å². The van der Waals surface area contributed by atoms with E-state index in [1.54, 1.807) is 0 Å². The zero-order valence-corrected chi connectivity index (χ0v) is 10.4. The molecule has 94 valence electrons. The van der Waals surface area contributed by atoms with Crippen molar-refractivity contribution >= 4 is 23.2 Å². The van der Waals surface area contributed by atoms with Crippen molar-refractivity contribution in [2.75, 3.05) is 5.32 Å². The molecule has 1 atom stereocenters. The second-order valence-corrected chi connectivity index (χ2v) is 4.40. The van der Waals surface area contributed by atoms with E-state index in [4.69, 9.17) is 0 Å². The lowest BCUT2D eigenvalue weighted by Gasteiger charge is -2.18. The number of hydrogen-bond acceptors (Lipinski definition) is 3. The van der Waals surface area contributed by atoms with Crippen LogP contribution in [0.3, 0.4) is 0 Å². The van der Waals surface area contributed by atoms with Gasteiger partial charge in [0.25, 0.3) is 0 Å². The number of hydrazone groups is 1. The maximum atomic E-state index is 11.3. The van der Waals surface area contributed by atoms with Gasteiger partial charge < -0.3 is 5.32 Å². The van der Waals surface area contributed by atoms with E-state index in [2.05, 4.69) is 15.8 Å². The summed E-state index contributed by atoms with van der Waals surface area (Å²) in [6.07, 6.45) is 0.630. The van der Waals surface area contributed by atoms with Crippen molar-refractivity contribution in [2.45, 2.75) is 20.3 Å². The Labute approximate surface area is 105 Å². The van der Waals surface area contributed by atoms with Crippen LogP contribution in [0.2, 0.25) is 0 Å². The van der Waals surface area contributed by atoms with Gasteiger partial charge in [-0.05, 0) is 17.7 Å². The molecule has 0 aliphatic carbocycles. The lowest BCUT2D eigenvalue weighted by atomic mass is 9.97. The first-order valence-electron chi connectivity index (χ1n) is 5.80. The van der Waals surface area contributed by atoms with Gasteiger partial charge in [-0.25, -0.2) is 5.43 Å². The van der Waals surface area contributed by atoms with Gasteiger partial charge in [0, 0.05) is 24.9 Å². The lowest BCUT2D eigenvalue weighted by Crippen LogP contribution is -2.33. The van der Waals surface area contributed by atoms with Crippen molar-refractivity contribution < 1.29 is 9.59 Å². The number of anilines is 1. The van der Waals surface area contributed by atoms with Gasteiger partial charge in [0.05, 0.1) is 5.71 Å². The second kappa shape index (κ2) is 5.00. The number of benzene rings is 1. The number of nitrogens with one attached hydrogen (secondary N) is 2. The highest BCUT2D eigenvalue weighted by Gasteiger charge is 2.21. The van der Waals surface area contributed by atoms with E-state index in [0.29, 0.717) is 6.42 Å². The van der Waals surface area contributed by atoms with Crippen LogP contribution in [0.4, 0.5) is 5.69 Å². The highest BCUT2D eigenvalue weighted by molar-refractivity contribution is 6.05.